The lowest BCUT2D eigenvalue weighted by molar-refractivity contribution is -0.141. The Balaban J connectivity index is 2.34. The molecule has 2 rings (SSSR count). The van der Waals surface area contributed by atoms with Crippen molar-refractivity contribution in [2.75, 3.05) is 14.2 Å². The van der Waals surface area contributed by atoms with E-state index in [1.165, 1.54) is 11.8 Å². The predicted molar refractivity (Wildman–Crippen MR) is 71.2 cm³/mol. The van der Waals surface area contributed by atoms with Gasteiger partial charge in [0.15, 0.2) is 0 Å². The van der Waals surface area contributed by atoms with Gasteiger partial charge < -0.3 is 9.64 Å². The summed E-state index contributed by atoms with van der Waals surface area (Å²) in [6.07, 6.45) is 1.50. The number of aromatic nitrogens is 2. The van der Waals surface area contributed by atoms with Crippen LogP contribution in [0.2, 0.25) is 0 Å². The zero-order valence-electron chi connectivity index (χ0n) is 11.9. The van der Waals surface area contributed by atoms with Crippen molar-refractivity contribution in [2.45, 2.75) is 45.3 Å². The zero-order chi connectivity index (χ0) is 14.2. The number of hydrogen-bond acceptors (Lipinski definition) is 4. The number of H-pyrrole nitrogens is 1. The number of carbonyl (C=O) groups excluding carboxylic acids is 1. The average Bonchev–Trinajstić information content (AvgIpc) is 2.60. The van der Waals surface area contributed by atoms with E-state index in [4.69, 9.17) is 0 Å². The molecule has 2 heterocycles. The van der Waals surface area contributed by atoms with Gasteiger partial charge in [0, 0.05) is 29.8 Å². The Morgan fingerprint density at radius 1 is 1.37 bits per heavy atom. The first kappa shape index (κ1) is 13.9. The van der Waals surface area contributed by atoms with E-state index in [2.05, 4.69) is 35.6 Å². The van der Waals surface area contributed by atoms with Gasteiger partial charge in [0.05, 0.1) is 7.11 Å². The molecule has 19 heavy (non-hydrogen) atoms. The van der Waals surface area contributed by atoms with Crippen LogP contribution in [0, 0.1) is 0 Å². The molecule has 6 heteroatoms. The standard InChI is InChI=1S/C13H21N3O3/c1-8-5-10-11(6-9(2)15(8)3)14-16(13(10)18)7-12(17)19-4/h8-9,14H,5-7H2,1-4H3. The van der Waals surface area contributed by atoms with Gasteiger partial charge >= 0.3 is 5.97 Å². The lowest BCUT2D eigenvalue weighted by atomic mass is 10.1. The Morgan fingerprint density at radius 3 is 2.63 bits per heavy atom. The smallest absolute Gasteiger partial charge is 0.327 e. The highest BCUT2D eigenvalue weighted by Crippen LogP contribution is 2.19. The fourth-order valence-electron chi connectivity index (χ4n) is 2.57. The van der Waals surface area contributed by atoms with Crippen LogP contribution in [0.1, 0.15) is 25.1 Å². The number of aromatic amines is 1. The zero-order valence-corrected chi connectivity index (χ0v) is 11.9. The van der Waals surface area contributed by atoms with E-state index >= 15 is 0 Å². The fraction of sp³-hybridized carbons (Fsp3) is 0.692. The first-order valence-corrected chi connectivity index (χ1v) is 6.53. The number of rotatable bonds is 2. The summed E-state index contributed by atoms with van der Waals surface area (Å²) in [5.74, 6) is -0.420. The summed E-state index contributed by atoms with van der Waals surface area (Å²) in [4.78, 5) is 25.8. The molecule has 0 amide bonds. The van der Waals surface area contributed by atoms with Crippen LogP contribution < -0.4 is 5.56 Å². The van der Waals surface area contributed by atoms with Crippen molar-refractivity contribution >= 4 is 5.97 Å². The van der Waals surface area contributed by atoms with Crippen molar-refractivity contribution < 1.29 is 9.53 Å². The molecule has 1 aromatic heterocycles. The Kier molecular flexibility index (Phi) is 3.80. The molecule has 106 valence electrons. The van der Waals surface area contributed by atoms with Gasteiger partial charge in [-0.25, -0.2) is 4.68 Å². The average molecular weight is 267 g/mol. The molecule has 2 unspecified atom stereocenters. The van der Waals surface area contributed by atoms with Gasteiger partial charge in [0.25, 0.3) is 5.56 Å². The van der Waals surface area contributed by atoms with Gasteiger partial charge in [-0.3, -0.25) is 14.7 Å². The number of esters is 1. The third kappa shape index (κ3) is 2.58. The molecule has 0 aliphatic carbocycles. The first-order chi connectivity index (χ1) is 8.93. The van der Waals surface area contributed by atoms with Gasteiger partial charge in [-0.2, -0.15) is 0 Å². The molecule has 2 atom stereocenters. The second kappa shape index (κ2) is 5.21. The van der Waals surface area contributed by atoms with Crippen LogP contribution in [0.4, 0.5) is 0 Å². The number of likely N-dealkylation sites (N-methyl/N-ethyl adjacent to an activating group) is 1. The SMILES string of the molecule is COC(=O)Cn1[nH]c2c(c1=O)CC(C)N(C)C(C)C2. The third-order valence-electron chi connectivity index (χ3n) is 4.04. The van der Waals surface area contributed by atoms with Crippen molar-refractivity contribution in [3.8, 4) is 0 Å². The summed E-state index contributed by atoms with van der Waals surface area (Å²) in [5.41, 5.74) is 1.64. The molecular weight excluding hydrogens is 246 g/mol. The van der Waals surface area contributed by atoms with Crippen molar-refractivity contribution in [3.63, 3.8) is 0 Å². The summed E-state index contributed by atoms with van der Waals surface area (Å²) >= 11 is 0. The monoisotopic (exact) mass is 267 g/mol. The highest BCUT2D eigenvalue weighted by atomic mass is 16.5. The molecule has 0 radical (unpaired) electrons. The van der Waals surface area contributed by atoms with E-state index in [1.54, 1.807) is 0 Å². The van der Waals surface area contributed by atoms with Crippen LogP contribution in [0.25, 0.3) is 0 Å². The van der Waals surface area contributed by atoms with Crippen LogP contribution in [0.3, 0.4) is 0 Å². The quantitative estimate of drug-likeness (QED) is 0.775. The lowest BCUT2D eigenvalue weighted by Crippen LogP contribution is -2.38. The molecule has 6 nitrogen and oxygen atoms in total. The van der Waals surface area contributed by atoms with Crippen LogP contribution in [0.15, 0.2) is 4.79 Å². The molecule has 1 N–H and O–H groups in total. The predicted octanol–water partition coefficient (Wildman–Crippen LogP) is 0.157. The number of methoxy groups -OCH3 is 1. The van der Waals surface area contributed by atoms with E-state index in [1.807, 2.05) is 0 Å². The van der Waals surface area contributed by atoms with Crippen molar-refractivity contribution in [2.24, 2.45) is 0 Å². The van der Waals surface area contributed by atoms with Crippen LogP contribution >= 0.6 is 0 Å². The number of carbonyl (C=O) groups is 1. The summed E-state index contributed by atoms with van der Waals surface area (Å²) in [6.45, 7) is 4.20. The number of nitrogens with one attached hydrogen (secondary N) is 1. The molecular formula is C13H21N3O3. The van der Waals surface area contributed by atoms with Crippen molar-refractivity contribution in [1.82, 2.24) is 14.7 Å². The Bertz CT molecular complexity index is 532. The molecule has 1 aliphatic heterocycles. The molecule has 0 spiro atoms. The van der Waals surface area contributed by atoms with Gasteiger partial charge in [-0.15, -0.1) is 0 Å². The molecule has 0 bridgehead atoms. The highest BCUT2D eigenvalue weighted by Gasteiger charge is 2.27. The Labute approximate surface area is 112 Å². The van der Waals surface area contributed by atoms with Crippen molar-refractivity contribution in [3.05, 3.63) is 21.6 Å². The maximum absolute atomic E-state index is 12.3. The maximum Gasteiger partial charge on any atom is 0.327 e. The topological polar surface area (TPSA) is 67.3 Å². The summed E-state index contributed by atoms with van der Waals surface area (Å²) in [5, 5.41) is 3.06. The minimum Gasteiger partial charge on any atom is -0.468 e. The van der Waals surface area contributed by atoms with E-state index < -0.39 is 5.97 Å². The number of hydrogen-bond donors (Lipinski definition) is 1. The number of fused-ring (bicyclic) bond motifs is 1. The molecule has 0 aromatic carbocycles. The summed E-state index contributed by atoms with van der Waals surface area (Å²) in [7, 11) is 3.40. The molecule has 1 aromatic rings. The summed E-state index contributed by atoms with van der Waals surface area (Å²) in [6, 6.07) is 0.673. The van der Waals surface area contributed by atoms with E-state index in [-0.39, 0.29) is 12.1 Å². The molecule has 0 saturated heterocycles. The van der Waals surface area contributed by atoms with E-state index in [0.29, 0.717) is 18.5 Å². The Hall–Kier alpha value is -1.56. The van der Waals surface area contributed by atoms with Crippen molar-refractivity contribution in [1.29, 1.82) is 0 Å². The maximum atomic E-state index is 12.3. The number of nitrogens with zero attached hydrogens (tertiary/aromatic N) is 2. The highest BCUT2D eigenvalue weighted by molar-refractivity contribution is 5.68. The minimum absolute atomic E-state index is 0.0546. The molecule has 0 saturated carbocycles. The lowest BCUT2D eigenvalue weighted by Gasteiger charge is -2.27. The van der Waals surface area contributed by atoms with E-state index in [9.17, 15) is 9.59 Å². The number of ether oxygens (including phenoxy) is 1. The van der Waals surface area contributed by atoms with Gasteiger partial charge in [0.2, 0.25) is 0 Å². The van der Waals surface area contributed by atoms with Gasteiger partial charge in [0.1, 0.15) is 6.54 Å². The molecule has 0 fully saturated rings. The van der Waals surface area contributed by atoms with E-state index in [0.717, 1.165) is 17.7 Å². The third-order valence-corrected chi connectivity index (χ3v) is 4.04. The van der Waals surface area contributed by atoms with Gasteiger partial charge in [-0.05, 0) is 27.3 Å². The van der Waals surface area contributed by atoms with Crippen LogP contribution in [-0.2, 0) is 28.9 Å². The first-order valence-electron chi connectivity index (χ1n) is 6.53. The largest absolute Gasteiger partial charge is 0.468 e. The van der Waals surface area contributed by atoms with Crippen LogP contribution in [-0.4, -0.2) is 46.9 Å². The fourth-order valence-corrected chi connectivity index (χ4v) is 2.57. The normalized spacial score (nSPS) is 23.8. The Morgan fingerprint density at radius 2 is 2.00 bits per heavy atom. The minimum atomic E-state index is -0.420. The molecule has 1 aliphatic rings. The second-order valence-electron chi connectivity index (χ2n) is 5.31. The van der Waals surface area contributed by atoms with Crippen LogP contribution in [0.5, 0.6) is 0 Å². The second-order valence-corrected chi connectivity index (χ2v) is 5.31. The van der Waals surface area contributed by atoms with Gasteiger partial charge in [-0.1, -0.05) is 0 Å². The summed E-state index contributed by atoms with van der Waals surface area (Å²) < 4.78 is 5.95.